The number of rotatable bonds is 1. The fourth-order valence-electron chi connectivity index (χ4n) is 4.68. The van der Waals surface area contributed by atoms with Gasteiger partial charge in [-0.1, -0.05) is 24.6 Å². The number of fused-ring (bicyclic) bond motifs is 3. The summed E-state index contributed by atoms with van der Waals surface area (Å²) in [5, 5.41) is 10.5. The normalized spacial score (nSPS) is 23.5. The monoisotopic (exact) mass is 322 g/mol. The Morgan fingerprint density at radius 2 is 2.17 bits per heavy atom. The van der Waals surface area contributed by atoms with E-state index in [2.05, 4.69) is 33.7 Å². The highest BCUT2D eigenvalue weighted by Crippen LogP contribution is 2.52. The molecular formula is C19H22N4O. The van der Waals surface area contributed by atoms with Crippen LogP contribution in [0.4, 0.5) is 10.5 Å². The summed E-state index contributed by atoms with van der Waals surface area (Å²) in [6, 6.07) is 8.50. The van der Waals surface area contributed by atoms with E-state index in [1.165, 1.54) is 30.4 Å². The van der Waals surface area contributed by atoms with Crippen molar-refractivity contribution in [3.63, 3.8) is 0 Å². The second-order valence-corrected chi connectivity index (χ2v) is 7.44. The number of hydrogen-bond donors (Lipinski definition) is 2. The summed E-state index contributed by atoms with van der Waals surface area (Å²) in [5.41, 5.74) is 4.98. The van der Waals surface area contributed by atoms with Crippen LogP contribution in [-0.2, 0) is 11.8 Å². The second kappa shape index (κ2) is 5.10. The smallest absolute Gasteiger partial charge is 0.322 e. The quantitative estimate of drug-likeness (QED) is 0.845. The van der Waals surface area contributed by atoms with E-state index in [9.17, 15) is 4.79 Å². The summed E-state index contributed by atoms with van der Waals surface area (Å²) >= 11 is 0. The van der Waals surface area contributed by atoms with Crippen LogP contribution in [0.3, 0.4) is 0 Å². The van der Waals surface area contributed by atoms with Gasteiger partial charge in [0.1, 0.15) is 0 Å². The molecule has 0 saturated heterocycles. The van der Waals surface area contributed by atoms with Crippen LogP contribution in [0.2, 0.25) is 0 Å². The maximum Gasteiger partial charge on any atom is 0.322 e. The number of urea groups is 1. The number of amides is 2. The van der Waals surface area contributed by atoms with Crippen molar-refractivity contribution < 1.29 is 4.79 Å². The van der Waals surface area contributed by atoms with Crippen molar-refractivity contribution in [1.29, 1.82) is 0 Å². The maximum atomic E-state index is 13.0. The standard InChI is InChI=1S/C19H22N4O/c24-18(21-15-7-3-5-13-11-20-22-17(13)15)23-12-19(9-4-10-19)14-6-1-2-8-16(14)23/h1-2,6,8,11,15H,3-5,7,9-10,12H2,(H,20,22)(H,21,24)/t15-/m1/s1. The van der Waals surface area contributed by atoms with Gasteiger partial charge >= 0.3 is 6.03 Å². The molecule has 1 aliphatic heterocycles. The van der Waals surface area contributed by atoms with Gasteiger partial charge in [-0.25, -0.2) is 4.79 Å². The number of hydrogen-bond acceptors (Lipinski definition) is 2. The lowest BCUT2D eigenvalue weighted by atomic mass is 9.66. The summed E-state index contributed by atoms with van der Waals surface area (Å²) in [6.07, 6.45) is 8.67. The first kappa shape index (κ1) is 14.1. The Hall–Kier alpha value is -2.30. The first-order chi connectivity index (χ1) is 11.8. The van der Waals surface area contributed by atoms with Crippen LogP contribution in [0.25, 0.3) is 0 Å². The van der Waals surface area contributed by atoms with Crippen molar-refractivity contribution in [1.82, 2.24) is 15.5 Å². The van der Waals surface area contributed by atoms with E-state index >= 15 is 0 Å². The third-order valence-corrected chi connectivity index (χ3v) is 6.12. The van der Waals surface area contributed by atoms with Crippen LogP contribution in [0.1, 0.15) is 55.0 Å². The predicted octanol–water partition coefficient (Wildman–Crippen LogP) is 3.44. The fraction of sp³-hybridized carbons (Fsp3) is 0.474. The zero-order valence-corrected chi connectivity index (χ0v) is 13.7. The van der Waals surface area contributed by atoms with Gasteiger partial charge in [0.2, 0.25) is 0 Å². The van der Waals surface area contributed by atoms with E-state index in [0.717, 1.165) is 37.2 Å². The Kier molecular flexibility index (Phi) is 2.99. The molecule has 1 saturated carbocycles. The van der Waals surface area contributed by atoms with Crippen molar-refractivity contribution in [2.75, 3.05) is 11.4 Å². The molecule has 1 aromatic carbocycles. The van der Waals surface area contributed by atoms with Crippen LogP contribution < -0.4 is 10.2 Å². The van der Waals surface area contributed by atoms with Gasteiger partial charge in [-0.3, -0.25) is 10.00 Å². The molecule has 2 amide bonds. The Morgan fingerprint density at radius 3 is 3.00 bits per heavy atom. The molecule has 3 aliphatic rings. The molecule has 2 aliphatic carbocycles. The average molecular weight is 322 g/mol. The van der Waals surface area contributed by atoms with Crippen LogP contribution in [0.15, 0.2) is 30.5 Å². The number of aryl methyl sites for hydroxylation is 1. The first-order valence-electron chi connectivity index (χ1n) is 8.97. The van der Waals surface area contributed by atoms with E-state index < -0.39 is 0 Å². The molecule has 2 heterocycles. The van der Waals surface area contributed by atoms with Crippen molar-refractivity contribution in [3.8, 4) is 0 Å². The predicted molar refractivity (Wildman–Crippen MR) is 92.1 cm³/mol. The largest absolute Gasteiger partial charge is 0.329 e. The van der Waals surface area contributed by atoms with Gasteiger partial charge in [-0.2, -0.15) is 5.10 Å². The highest BCUT2D eigenvalue weighted by molar-refractivity contribution is 5.95. The summed E-state index contributed by atoms with van der Waals surface area (Å²) in [6.45, 7) is 0.820. The lowest BCUT2D eigenvalue weighted by molar-refractivity contribution is 0.231. The second-order valence-electron chi connectivity index (χ2n) is 7.44. The number of para-hydroxylation sites is 1. The van der Waals surface area contributed by atoms with Crippen molar-refractivity contribution in [2.24, 2.45) is 0 Å². The number of benzene rings is 1. The molecule has 1 spiro atoms. The van der Waals surface area contributed by atoms with Gasteiger partial charge in [-0.15, -0.1) is 0 Å². The lowest BCUT2D eigenvalue weighted by Gasteiger charge is -2.39. The van der Waals surface area contributed by atoms with E-state index in [1.807, 2.05) is 17.2 Å². The Labute approximate surface area is 141 Å². The van der Waals surface area contributed by atoms with Crippen molar-refractivity contribution in [2.45, 2.75) is 50.0 Å². The number of carbonyl (C=O) groups is 1. The zero-order valence-electron chi connectivity index (χ0n) is 13.7. The molecule has 1 fully saturated rings. The molecule has 5 heteroatoms. The summed E-state index contributed by atoms with van der Waals surface area (Å²) in [5.74, 6) is 0. The SMILES string of the molecule is O=C(N[C@@H]1CCCc2cn[nH]c21)N1CC2(CCC2)c2ccccc21. The topological polar surface area (TPSA) is 61.0 Å². The molecular weight excluding hydrogens is 300 g/mol. The first-order valence-corrected chi connectivity index (χ1v) is 8.97. The van der Waals surface area contributed by atoms with E-state index in [0.29, 0.717) is 0 Å². The molecule has 5 nitrogen and oxygen atoms in total. The summed E-state index contributed by atoms with van der Waals surface area (Å²) < 4.78 is 0. The minimum atomic E-state index is 0.0266. The number of nitrogens with one attached hydrogen (secondary N) is 2. The van der Waals surface area contributed by atoms with Gasteiger partial charge < -0.3 is 5.32 Å². The van der Waals surface area contributed by atoms with Gasteiger partial charge in [0.25, 0.3) is 0 Å². The molecule has 5 rings (SSSR count). The van der Waals surface area contributed by atoms with Crippen molar-refractivity contribution in [3.05, 3.63) is 47.3 Å². The van der Waals surface area contributed by atoms with Gasteiger partial charge in [0.15, 0.2) is 0 Å². The number of anilines is 1. The Balaban J connectivity index is 1.41. The van der Waals surface area contributed by atoms with E-state index in [-0.39, 0.29) is 17.5 Å². The molecule has 2 N–H and O–H groups in total. The molecule has 0 bridgehead atoms. The molecule has 1 aromatic heterocycles. The van der Waals surface area contributed by atoms with Gasteiger partial charge in [0.05, 0.1) is 17.9 Å². The van der Waals surface area contributed by atoms with Crippen LogP contribution in [-0.4, -0.2) is 22.8 Å². The minimum Gasteiger partial charge on any atom is -0.329 e. The Bertz CT molecular complexity index is 792. The maximum absolute atomic E-state index is 13.0. The van der Waals surface area contributed by atoms with E-state index in [4.69, 9.17) is 0 Å². The minimum absolute atomic E-state index is 0.0266. The number of H-pyrrole nitrogens is 1. The molecule has 1 atom stereocenters. The van der Waals surface area contributed by atoms with Crippen LogP contribution in [0, 0.1) is 0 Å². The van der Waals surface area contributed by atoms with Gasteiger partial charge in [-0.05, 0) is 49.3 Å². The van der Waals surface area contributed by atoms with Crippen LogP contribution in [0.5, 0.6) is 0 Å². The van der Waals surface area contributed by atoms with E-state index in [1.54, 1.807) is 0 Å². The summed E-state index contributed by atoms with van der Waals surface area (Å²) in [4.78, 5) is 15.0. The molecule has 124 valence electrons. The highest BCUT2D eigenvalue weighted by atomic mass is 16.2. The third kappa shape index (κ3) is 1.93. The summed E-state index contributed by atoms with van der Waals surface area (Å²) in [7, 11) is 0. The lowest BCUT2D eigenvalue weighted by Crippen LogP contribution is -2.46. The third-order valence-electron chi connectivity index (χ3n) is 6.12. The zero-order chi connectivity index (χ0) is 16.1. The molecule has 0 radical (unpaired) electrons. The molecule has 0 unspecified atom stereocenters. The Morgan fingerprint density at radius 1 is 1.29 bits per heavy atom. The number of aromatic nitrogens is 2. The number of nitrogens with zero attached hydrogens (tertiary/aromatic N) is 2. The molecule has 2 aromatic rings. The highest BCUT2D eigenvalue weighted by Gasteiger charge is 2.48. The number of carbonyl (C=O) groups excluding carboxylic acids is 1. The van der Waals surface area contributed by atoms with Crippen LogP contribution >= 0.6 is 0 Å². The average Bonchev–Trinajstić information content (AvgIpc) is 3.17. The number of aromatic amines is 1. The van der Waals surface area contributed by atoms with Crippen molar-refractivity contribution >= 4 is 11.7 Å². The molecule has 24 heavy (non-hydrogen) atoms. The van der Waals surface area contributed by atoms with Gasteiger partial charge in [0, 0.05) is 17.6 Å². The fourth-order valence-corrected chi connectivity index (χ4v) is 4.68.